The van der Waals surface area contributed by atoms with E-state index in [4.69, 9.17) is 14.7 Å². The number of hydrogen-bond donors (Lipinski definition) is 2. The molecule has 2 aliphatic rings. The third-order valence-corrected chi connectivity index (χ3v) is 9.66. The lowest BCUT2D eigenvalue weighted by atomic mass is 10.1. The van der Waals surface area contributed by atoms with E-state index in [1.165, 1.54) is 12.3 Å². The fourth-order valence-electron chi connectivity index (χ4n) is 4.76. The Bertz CT molecular complexity index is 1450. The Morgan fingerprint density at radius 2 is 1.93 bits per heavy atom. The minimum absolute atomic E-state index is 0.0493. The van der Waals surface area contributed by atoms with Crippen LogP contribution in [0.3, 0.4) is 0 Å². The molecule has 0 unspecified atom stereocenters. The monoisotopic (exact) mass is 565 g/mol. The molecule has 0 bridgehead atoms. The Hall–Kier alpha value is -3.61. The number of rotatable bonds is 9. The highest BCUT2D eigenvalue weighted by Gasteiger charge is 2.58. The van der Waals surface area contributed by atoms with Crippen molar-refractivity contribution in [2.24, 2.45) is 0 Å². The molecule has 212 valence electrons. The molecule has 2 aromatic heterocycles. The van der Waals surface area contributed by atoms with Gasteiger partial charge in [-0.3, -0.25) is 0 Å². The Kier molecular flexibility index (Phi) is 8.02. The van der Waals surface area contributed by atoms with Gasteiger partial charge in [0, 0.05) is 43.1 Å². The predicted octanol–water partition coefficient (Wildman–Crippen LogP) is 2.91. The van der Waals surface area contributed by atoms with Gasteiger partial charge in [0.1, 0.15) is 10.6 Å². The van der Waals surface area contributed by atoms with Gasteiger partial charge in [-0.1, -0.05) is 6.07 Å². The van der Waals surface area contributed by atoms with Crippen molar-refractivity contribution in [2.45, 2.75) is 35.6 Å². The first-order valence-corrected chi connectivity index (χ1v) is 14.9. The van der Waals surface area contributed by atoms with Gasteiger partial charge in [0.05, 0.1) is 24.9 Å². The molecular formula is C28H35N7O4S. The number of likely N-dealkylation sites (N-methyl/N-ethyl adjacent to an activating group) is 1. The van der Waals surface area contributed by atoms with Gasteiger partial charge >= 0.3 is 6.03 Å². The molecule has 2 amide bonds. The first-order chi connectivity index (χ1) is 19.2. The summed E-state index contributed by atoms with van der Waals surface area (Å²) in [6.45, 7) is 5.09. The fraction of sp³-hybridized carbons (Fsp3) is 0.429. The predicted molar refractivity (Wildman–Crippen MR) is 153 cm³/mol. The van der Waals surface area contributed by atoms with Gasteiger partial charge in [-0.05, 0) is 70.3 Å². The highest BCUT2D eigenvalue weighted by molar-refractivity contribution is 7.92. The first kappa shape index (κ1) is 27.9. The highest BCUT2D eigenvalue weighted by Crippen LogP contribution is 2.54. The van der Waals surface area contributed by atoms with Crippen molar-refractivity contribution in [2.75, 3.05) is 57.2 Å². The van der Waals surface area contributed by atoms with Gasteiger partial charge in [-0.25, -0.2) is 28.2 Å². The van der Waals surface area contributed by atoms with Crippen molar-refractivity contribution in [3.8, 4) is 11.4 Å². The van der Waals surface area contributed by atoms with E-state index in [2.05, 4.69) is 27.4 Å². The fourth-order valence-corrected chi connectivity index (χ4v) is 6.64. The van der Waals surface area contributed by atoms with Crippen LogP contribution in [0.2, 0.25) is 0 Å². The summed E-state index contributed by atoms with van der Waals surface area (Å²) in [5, 5.41) is 5.70. The molecular weight excluding hydrogens is 530 g/mol. The van der Waals surface area contributed by atoms with Crippen LogP contribution >= 0.6 is 0 Å². The molecule has 1 aliphatic carbocycles. The summed E-state index contributed by atoms with van der Waals surface area (Å²) < 4.78 is 32.0. The quantitative estimate of drug-likeness (QED) is 0.402. The molecule has 12 heteroatoms. The summed E-state index contributed by atoms with van der Waals surface area (Å²) in [7, 11) is 0.112. The molecule has 1 saturated heterocycles. The Labute approximate surface area is 234 Å². The zero-order valence-corrected chi connectivity index (χ0v) is 23.8. The van der Waals surface area contributed by atoms with Crippen molar-refractivity contribution >= 4 is 27.4 Å². The Morgan fingerprint density at radius 3 is 2.58 bits per heavy atom. The summed E-state index contributed by atoms with van der Waals surface area (Å²) in [5.74, 6) is 1.09. The molecule has 1 aliphatic heterocycles. The van der Waals surface area contributed by atoms with Gasteiger partial charge in [0.15, 0.2) is 10.9 Å². The molecule has 0 radical (unpaired) electrons. The van der Waals surface area contributed by atoms with Crippen LogP contribution in [0.5, 0.6) is 0 Å². The van der Waals surface area contributed by atoms with Crippen LogP contribution < -0.4 is 15.5 Å². The second-order valence-corrected chi connectivity index (χ2v) is 12.7. The van der Waals surface area contributed by atoms with E-state index in [0.717, 1.165) is 6.54 Å². The number of ether oxygens (including phenoxy) is 1. The minimum atomic E-state index is -3.78. The van der Waals surface area contributed by atoms with E-state index in [1.807, 2.05) is 37.2 Å². The summed E-state index contributed by atoms with van der Waals surface area (Å²) in [6.07, 6.45) is 2.42. The maximum absolute atomic E-state index is 13.8. The van der Waals surface area contributed by atoms with Gasteiger partial charge < -0.3 is 25.2 Å². The average molecular weight is 566 g/mol. The third kappa shape index (κ3) is 5.79. The Balaban J connectivity index is 1.47. The highest BCUT2D eigenvalue weighted by atomic mass is 32.2. The van der Waals surface area contributed by atoms with Crippen LogP contribution in [0.1, 0.15) is 25.5 Å². The van der Waals surface area contributed by atoms with E-state index >= 15 is 0 Å². The van der Waals surface area contributed by atoms with Gasteiger partial charge in [0.25, 0.3) is 0 Å². The topological polar surface area (TPSA) is 130 Å². The van der Waals surface area contributed by atoms with Crippen LogP contribution in [-0.2, 0) is 19.3 Å². The number of hydrogen-bond acceptors (Lipinski definition) is 9. The molecule has 2 fully saturated rings. The van der Waals surface area contributed by atoms with Crippen molar-refractivity contribution in [1.29, 1.82) is 0 Å². The molecule has 1 aromatic carbocycles. The number of nitrogens with zero attached hydrogens (tertiary/aromatic N) is 5. The number of carbonyl (C=O) groups is 1. The summed E-state index contributed by atoms with van der Waals surface area (Å²) >= 11 is 0. The Morgan fingerprint density at radius 1 is 1.15 bits per heavy atom. The van der Waals surface area contributed by atoms with E-state index in [1.54, 1.807) is 24.3 Å². The van der Waals surface area contributed by atoms with Gasteiger partial charge in [-0.15, -0.1) is 0 Å². The second-order valence-electron chi connectivity index (χ2n) is 10.5. The number of morpholine rings is 1. The van der Waals surface area contributed by atoms with E-state index in [-0.39, 0.29) is 17.1 Å². The molecule has 40 heavy (non-hydrogen) atoms. The lowest BCUT2D eigenvalue weighted by molar-refractivity contribution is 0.0985. The molecule has 5 rings (SSSR count). The molecule has 1 saturated carbocycles. The van der Waals surface area contributed by atoms with Crippen LogP contribution in [0, 0.1) is 0 Å². The lowest BCUT2D eigenvalue weighted by Gasteiger charge is -2.34. The summed E-state index contributed by atoms with van der Waals surface area (Å²) in [6, 6.07) is 13.7. The molecule has 0 spiro atoms. The van der Waals surface area contributed by atoms with Crippen LogP contribution in [0.4, 0.5) is 16.3 Å². The van der Waals surface area contributed by atoms with E-state index in [9.17, 15) is 13.2 Å². The van der Waals surface area contributed by atoms with Crippen molar-refractivity contribution in [3.63, 3.8) is 0 Å². The second kappa shape index (κ2) is 11.5. The van der Waals surface area contributed by atoms with Crippen molar-refractivity contribution in [3.05, 3.63) is 60.4 Å². The number of carbonyl (C=O) groups excluding carboxylic acids is 1. The smallest absolute Gasteiger partial charge is 0.319 e. The molecule has 3 aromatic rings. The summed E-state index contributed by atoms with van der Waals surface area (Å²) in [4.78, 5) is 30.2. The zero-order valence-electron chi connectivity index (χ0n) is 23.0. The SMILES string of the molecule is C[C@H]1COCCN1c1cc(C2(S(=O)(=O)c3ccccn3)CC2)nc(-c2ccc(NC(=O)NCCN(C)C)cc2)n1. The number of aromatic nitrogens is 3. The lowest BCUT2D eigenvalue weighted by Crippen LogP contribution is -2.44. The average Bonchev–Trinajstić information content (AvgIpc) is 3.77. The van der Waals surface area contributed by atoms with Crippen LogP contribution in [0.15, 0.2) is 59.8 Å². The molecule has 11 nitrogen and oxygen atoms in total. The number of nitrogens with one attached hydrogen (secondary N) is 2. The number of amides is 2. The number of sulfone groups is 1. The van der Waals surface area contributed by atoms with Crippen LogP contribution in [-0.4, -0.2) is 87.3 Å². The zero-order chi connectivity index (χ0) is 28.3. The number of pyridine rings is 1. The normalized spacial score (nSPS) is 18.4. The summed E-state index contributed by atoms with van der Waals surface area (Å²) in [5.41, 5.74) is 1.81. The van der Waals surface area contributed by atoms with Crippen molar-refractivity contribution in [1.82, 2.24) is 25.2 Å². The van der Waals surface area contributed by atoms with Gasteiger partial charge in [-0.2, -0.15) is 0 Å². The standard InChI is InChI=1S/C28H35N7O4S/c1-20-19-39-17-16-35(20)24-18-23(28(11-12-28)40(37,38)25-6-4-5-13-29-25)32-26(33-24)21-7-9-22(10-8-21)31-27(36)30-14-15-34(2)3/h4-10,13,18,20H,11-12,14-17,19H2,1-3H3,(H2,30,31,36)/t20-/m0/s1. The third-order valence-electron chi connectivity index (χ3n) is 7.22. The van der Waals surface area contributed by atoms with Crippen LogP contribution in [0.25, 0.3) is 11.4 Å². The van der Waals surface area contributed by atoms with E-state index in [0.29, 0.717) is 67.7 Å². The molecule has 3 heterocycles. The molecule has 2 N–H and O–H groups in total. The van der Waals surface area contributed by atoms with Gasteiger partial charge in [0.2, 0.25) is 9.84 Å². The maximum atomic E-state index is 13.8. The number of benzene rings is 1. The largest absolute Gasteiger partial charge is 0.377 e. The molecule has 1 atom stereocenters. The van der Waals surface area contributed by atoms with Crippen molar-refractivity contribution < 1.29 is 17.9 Å². The maximum Gasteiger partial charge on any atom is 0.319 e. The number of urea groups is 1. The van der Waals surface area contributed by atoms with E-state index < -0.39 is 14.6 Å². The minimum Gasteiger partial charge on any atom is -0.377 e. The number of anilines is 2. The first-order valence-electron chi connectivity index (χ1n) is 13.4.